The minimum atomic E-state index is -0.323. The molecule has 1 aromatic heterocycles. The Balaban J connectivity index is 2.94. The molecule has 0 atom stereocenters. The Morgan fingerprint density at radius 2 is 2.00 bits per heavy atom. The molecule has 0 spiro atoms. The van der Waals surface area contributed by atoms with Gasteiger partial charge in [-0.2, -0.15) is 0 Å². The van der Waals surface area contributed by atoms with Crippen LogP contribution in [0.15, 0.2) is 6.07 Å². The lowest BCUT2D eigenvalue weighted by atomic mass is 9.98. The Labute approximate surface area is 87.2 Å². The lowest BCUT2D eigenvalue weighted by Crippen LogP contribution is -2.34. The van der Waals surface area contributed by atoms with Crippen LogP contribution in [0.5, 0.6) is 0 Å². The largest absolute Gasteiger partial charge is 0.325 e. The maximum Gasteiger partial charge on any atom is 0.155 e. The number of hydrogen-bond donors (Lipinski definition) is 1. The molecule has 3 nitrogen and oxygen atoms in total. The van der Waals surface area contributed by atoms with E-state index >= 15 is 0 Å². The van der Waals surface area contributed by atoms with Crippen molar-refractivity contribution < 1.29 is 0 Å². The third-order valence-corrected chi connectivity index (χ3v) is 1.94. The number of nitrogens with zero attached hydrogens (tertiary/aromatic N) is 2. The molecule has 0 unspecified atom stereocenters. The van der Waals surface area contributed by atoms with E-state index in [-0.39, 0.29) is 5.54 Å². The molecule has 0 aliphatic heterocycles. The van der Waals surface area contributed by atoms with Crippen molar-refractivity contribution in [3.05, 3.63) is 21.9 Å². The van der Waals surface area contributed by atoms with E-state index in [1.54, 1.807) is 6.07 Å². The Hall–Kier alpha value is -0.380. The van der Waals surface area contributed by atoms with Gasteiger partial charge >= 0.3 is 0 Å². The summed E-state index contributed by atoms with van der Waals surface area (Å²) in [5.41, 5.74) is 6.34. The zero-order chi connectivity index (χ0) is 10.1. The zero-order valence-electron chi connectivity index (χ0n) is 7.51. The molecule has 0 amide bonds. The van der Waals surface area contributed by atoms with E-state index in [1.165, 1.54) is 0 Å². The molecule has 13 heavy (non-hydrogen) atoms. The Morgan fingerprint density at radius 1 is 1.38 bits per heavy atom. The molecule has 0 bridgehead atoms. The predicted octanol–water partition coefficient (Wildman–Crippen LogP) is 2.06. The molecule has 2 N–H and O–H groups in total. The van der Waals surface area contributed by atoms with Crippen LogP contribution >= 0.6 is 23.2 Å². The number of halogens is 2. The number of rotatable bonds is 2. The zero-order valence-corrected chi connectivity index (χ0v) is 9.02. The highest BCUT2D eigenvalue weighted by Gasteiger charge is 2.15. The van der Waals surface area contributed by atoms with Crippen molar-refractivity contribution in [2.24, 2.45) is 5.73 Å². The van der Waals surface area contributed by atoms with Crippen LogP contribution in [0, 0.1) is 0 Å². The molecule has 0 aromatic carbocycles. The second kappa shape index (κ2) is 3.78. The average molecular weight is 220 g/mol. The van der Waals surface area contributed by atoms with Gasteiger partial charge in [0.2, 0.25) is 0 Å². The molecule has 1 aromatic rings. The van der Waals surface area contributed by atoms with Crippen LogP contribution < -0.4 is 5.73 Å². The van der Waals surface area contributed by atoms with Gasteiger partial charge in [-0.15, -0.1) is 10.2 Å². The van der Waals surface area contributed by atoms with Crippen LogP contribution in [0.3, 0.4) is 0 Å². The van der Waals surface area contributed by atoms with Crippen LogP contribution in [0.2, 0.25) is 10.3 Å². The highest BCUT2D eigenvalue weighted by molar-refractivity contribution is 6.31. The van der Waals surface area contributed by atoms with Gasteiger partial charge in [-0.05, 0) is 31.9 Å². The molecule has 5 heteroatoms. The van der Waals surface area contributed by atoms with Gasteiger partial charge in [0.15, 0.2) is 10.3 Å². The van der Waals surface area contributed by atoms with E-state index in [9.17, 15) is 0 Å². The summed E-state index contributed by atoms with van der Waals surface area (Å²) in [4.78, 5) is 0. The van der Waals surface area contributed by atoms with Crippen molar-refractivity contribution in [3.8, 4) is 0 Å². The van der Waals surface area contributed by atoms with Gasteiger partial charge in [0.05, 0.1) is 0 Å². The molecule has 1 rings (SSSR count). The maximum absolute atomic E-state index is 5.84. The van der Waals surface area contributed by atoms with E-state index in [4.69, 9.17) is 28.9 Å². The summed E-state index contributed by atoms with van der Waals surface area (Å²) >= 11 is 11.5. The molecular weight excluding hydrogens is 209 g/mol. The lowest BCUT2D eigenvalue weighted by Gasteiger charge is -2.18. The summed E-state index contributed by atoms with van der Waals surface area (Å²) in [6.07, 6.45) is 0.626. The van der Waals surface area contributed by atoms with Crippen molar-refractivity contribution in [3.63, 3.8) is 0 Å². The Bertz CT molecular complexity index is 307. The van der Waals surface area contributed by atoms with Gasteiger partial charge in [-0.25, -0.2) is 0 Å². The minimum Gasteiger partial charge on any atom is -0.325 e. The van der Waals surface area contributed by atoms with E-state index in [1.807, 2.05) is 13.8 Å². The summed E-state index contributed by atoms with van der Waals surface area (Å²) in [5.74, 6) is 0. The van der Waals surface area contributed by atoms with E-state index in [2.05, 4.69) is 10.2 Å². The van der Waals surface area contributed by atoms with Gasteiger partial charge in [0, 0.05) is 5.54 Å². The van der Waals surface area contributed by atoms with Crippen LogP contribution in [0.1, 0.15) is 19.4 Å². The molecule has 0 aliphatic carbocycles. The third-order valence-electron chi connectivity index (χ3n) is 1.44. The first-order valence-electron chi connectivity index (χ1n) is 3.85. The van der Waals surface area contributed by atoms with E-state index in [0.717, 1.165) is 5.56 Å². The molecule has 1 heterocycles. The molecule has 0 radical (unpaired) electrons. The van der Waals surface area contributed by atoms with Crippen molar-refractivity contribution in [2.75, 3.05) is 0 Å². The average Bonchev–Trinajstić information content (AvgIpc) is 1.94. The fourth-order valence-electron chi connectivity index (χ4n) is 1.00. The second-order valence-electron chi connectivity index (χ2n) is 3.65. The van der Waals surface area contributed by atoms with Crippen molar-refractivity contribution >= 4 is 23.2 Å². The summed E-state index contributed by atoms with van der Waals surface area (Å²) in [5, 5.41) is 8.00. The standard InChI is InChI=1S/C8H11Cl2N3/c1-8(2,11)4-5-3-6(9)12-13-7(5)10/h3H,4,11H2,1-2H3. The van der Waals surface area contributed by atoms with Gasteiger partial charge in [0.1, 0.15) is 0 Å². The van der Waals surface area contributed by atoms with Crippen LogP contribution in [0.4, 0.5) is 0 Å². The van der Waals surface area contributed by atoms with Crippen LogP contribution in [0.25, 0.3) is 0 Å². The predicted molar refractivity (Wildman–Crippen MR) is 54.0 cm³/mol. The van der Waals surface area contributed by atoms with E-state index in [0.29, 0.717) is 16.7 Å². The van der Waals surface area contributed by atoms with Gasteiger partial charge in [-0.3, -0.25) is 0 Å². The van der Waals surface area contributed by atoms with Crippen LogP contribution in [-0.2, 0) is 6.42 Å². The normalized spacial score (nSPS) is 11.8. The van der Waals surface area contributed by atoms with Gasteiger partial charge < -0.3 is 5.73 Å². The third kappa shape index (κ3) is 3.46. The van der Waals surface area contributed by atoms with Crippen molar-refractivity contribution in [1.82, 2.24) is 10.2 Å². The fourth-order valence-corrected chi connectivity index (χ4v) is 1.33. The first-order valence-corrected chi connectivity index (χ1v) is 4.60. The maximum atomic E-state index is 5.84. The molecule has 72 valence electrons. The second-order valence-corrected chi connectivity index (χ2v) is 4.39. The quantitative estimate of drug-likeness (QED) is 0.829. The molecule has 0 fully saturated rings. The number of aromatic nitrogens is 2. The minimum absolute atomic E-state index is 0.323. The highest BCUT2D eigenvalue weighted by Crippen LogP contribution is 2.19. The fraction of sp³-hybridized carbons (Fsp3) is 0.500. The summed E-state index contributed by atoms with van der Waals surface area (Å²) < 4.78 is 0. The molecule has 0 saturated heterocycles. The Kier molecular flexibility index (Phi) is 3.11. The summed E-state index contributed by atoms with van der Waals surface area (Å²) in [7, 11) is 0. The number of nitrogens with two attached hydrogens (primary N) is 1. The van der Waals surface area contributed by atoms with Crippen LogP contribution in [-0.4, -0.2) is 15.7 Å². The molecule has 0 saturated carbocycles. The summed E-state index contributed by atoms with van der Waals surface area (Å²) in [6, 6.07) is 1.69. The van der Waals surface area contributed by atoms with E-state index < -0.39 is 0 Å². The van der Waals surface area contributed by atoms with Gasteiger partial charge in [0.25, 0.3) is 0 Å². The van der Waals surface area contributed by atoms with Gasteiger partial charge in [-0.1, -0.05) is 23.2 Å². The van der Waals surface area contributed by atoms with Crippen molar-refractivity contribution in [1.29, 1.82) is 0 Å². The summed E-state index contributed by atoms with van der Waals surface area (Å²) in [6.45, 7) is 3.83. The molecular formula is C8H11Cl2N3. The van der Waals surface area contributed by atoms with Crippen molar-refractivity contribution in [2.45, 2.75) is 25.8 Å². The monoisotopic (exact) mass is 219 g/mol. The number of hydrogen-bond acceptors (Lipinski definition) is 3. The topological polar surface area (TPSA) is 51.8 Å². The highest BCUT2D eigenvalue weighted by atomic mass is 35.5. The smallest absolute Gasteiger partial charge is 0.155 e. The first-order chi connectivity index (χ1) is 5.88. The Morgan fingerprint density at radius 3 is 2.54 bits per heavy atom. The first kappa shape index (κ1) is 10.7. The molecule has 0 aliphatic rings. The lowest BCUT2D eigenvalue weighted by molar-refractivity contribution is 0.515. The SMILES string of the molecule is CC(C)(N)Cc1cc(Cl)nnc1Cl.